The van der Waals surface area contributed by atoms with Gasteiger partial charge in [-0.3, -0.25) is 19.2 Å². The molecule has 0 radical (unpaired) electrons. The van der Waals surface area contributed by atoms with Gasteiger partial charge in [0.25, 0.3) is 11.8 Å². The quantitative estimate of drug-likeness (QED) is 0.132. The van der Waals surface area contributed by atoms with Crippen LogP contribution in [0.5, 0.6) is 0 Å². The number of para-hydroxylation sites is 1. The Kier molecular flexibility index (Phi) is 9.03. The summed E-state index contributed by atoms with van der Waals surface area (Å²) in [6, 6.07) is 23.7. The van der Waals surface area contributed by atoms with Gasteiger partial charge in [0.1, 0.15) is 12.1 Å². The monoisotopic (exact) mass is 692 g/mol. The topological polar surface area (TPSA) is 130 Å². The lowest BCUT2D eigenvalue weighted by Gasteiger charge is -2.26. The van der Waals surface area contributed by atoms with Gasteiger partial charge in [-0.25, -0.2) is 0 Å². The second-order valence-electron chi connectivity index (χ2n) is 13.7. The van der Waals surface area contributed by atoms with Crippen molar-refractivity contribution in [2.75, 3.05) is 23.7 Å². The third-order valence-corrected chi connectivity index (χ3v) is 10.4. The Bertz CT molecular complexity index is 2210. The van der Waals surface area contributed by atoms with Crippen LogP contribution in [-0.4, -0.2) is 68.6 Å². The van der Waals surface area contributed by atoms with Gasteiger partial charge in [-0.15, -0.1) is 0 Å². The van der Waals surface area contributed by atoms with Crippen molar-refractivity contribution in [3.8, 4) is 0 Å². The van der Waals surface area contributed by atoms with Crippen LogP contribution in [0, 0.1) is 0 Å². The highest BCUT2D eigenvalue weighted by atomic mass is 16.2. The number of rotatable bonds is 8. The van der Waals surface area contributed by atoms with Crippen molar-refractivity contribution >= 4 is 63.6 Å². The Hall–Kier alpha value is -6.16. The van der Waals surface area contributed by atoms with Gasteiger partial charge >= 0.3 is 0 Å². The summed E-state index contributed by atoms with van der Waals surface area (Å²) in [4.78, 5) is 63.4. The van der Waals surface area contributed by atoms with E-state index in [1.807, 2.05) is 103 Å². The number of carbonyl (C=O) groups is 4. The van der Waals surface area contributed by atoms with Gasteiger partial charge in [0, 0.05) is 42.2 Å². The normalized spacial score (nSPS) is 18.4. The molecule has 4 heterocycles. The van der Waals surface area contributed by atoms with Gasteiger partial charge < -0.3 is 30.4 Å². The van der Waals surface area contributed by atoms with Crippen molar-refractivity contribution in [3.05, 3.63) is 125 Å². The van der Waals surface area contributed by atoms with Crippen LogP contribution in [0.1, 0.15) is 64.8 Å². The maximum atomic E-state index is 13.5. The molecule has 0 saturated carbocycles. The predicted octanol–water partition coefficient (Wildman–Crippen LogP) is 6.87. The highest BCUT2D eigenvalue weighted by molar-refractivity contribution is 6.20. The van der Waals surface area contributed by atoms with Gasteiger partial charge in [-0.2, -0.15) is 0 Å². The van der Waals surface area contributed by atoms with Crippen LogP contribution in [0.15, 0.2) is 97.3 Å². The molecule has 10 heteroatoms. The van der Waals surface area contributed by atoms with Crippen LogP contribution in [-0.2, 0) is 20.8 Å². The van der Waals surface area contributed by atoms with Crippen molar-refractivity contribution in [1.29, 1.82) is 0 Å². The summed E-state index contributed by atoms with van der Waals surface area (Å²) in [5.74, 6) is -0.598. The number of H-pyrrole nitrogens is 2. The molecule has 4 amide bonds. The second-order valence-corrected chi connectivity index (χ2v) is 13.7. The molecule has 10 nitrogen and oxygen atoms in total. The molecule has 2 fully saturated rings. The third-order valence-electron chi connectivity index (χ3n) is 10.4. The number of benzene rings is 3. The fourth-order valence-corrected chi connectivity index (χ4v) is 7.67. The number of carbonyl (C=O) groups excluding carboxylic acids is 4. The first kappa shape index (κ1) is 33.0. The smallest absolute Gasteiger partial charge is 0.256 e. The molecule has 5 aromatic rings. The average molecular weight is 693 g/mol. The van der Waals surface area contributed by atoms with Gasteiger partial charge in [-0.05, 0) is 97.7 Å². The number of likely N-dealkylation sites (tertiary alicyclic amines) is 2. The summed E-state index contributed by atoms with van der Waals surface area (Å²) < 4.78 is 0. The van der Waals surface area contributed by atoms with E-state index >= 15 is 0 Å². The molecule has 52 heavy (non-hydrogen) atoms. The molecule has 2 aliphatic heterocycles. The lowest BCUT2D eigenvalue weighted by molar-refractivity contribution is -0.132. The largest absolute Gasteiger partial charge is 0.361 e. The van der Waals surface area contributed by atoms with E-state index in [4.69, 9.17) is 0 Å². The predicted molar refractivity (Wildman–Crippen MR) is 203 cm³/mol. The first-order chi connectivity index (χ1) is 25.4. The van der Waals surface area contributed by atoms with Crippen LogP contribution < -0.4 is 10.6 Å². The standard InChI is InChI=1S/C42H40N6O4/c49-39(35-9-3-25-47(35)41(51)33-7-1-5-29-21-23-43-37(29)33)45-31-17-13-27(14-18-31)11-12-28-15-19-32(20-16-28)46-40(50)36-10-4-26-48(36)42(52)34-8-2-6-30-22-24-44-38(30)34/h1,5,7-8,11-24,35-36,43-44H,2-4,6,9-10,25-26H2,(H,45,49)(H,46,50)/b12-11+/t35-,36-/m0/s1. The average Bonchev–Trinajstić information content (AvgIpc) is 4.01. The van der Waals surface area contributed by atoms with E-state index in [9.17, 15) is 19.2 Å². The minimum absolute atomic E-state index is 0.0915. The fraction of sp³-hybridized carbons (Fsp3) is 0.238. The molecule has 0 unspecified atom stereocenters. The van der Waals surface area contributed by atoms with E-state index in [0.717, 1.165) is 59.0 Å². The Labute approximate surface area is 301 Å². The Morgan fingerprint density at radius 2 is 1.27 bits per heavy atom. The molecular weight excluding hydrogens is 652 g/mol. The Balaban J connectivity index is 0.849. The van der Waals surface area contributed by atoms with Crippen LogP contribution in [0.4, 0.5) is 11.4 Å². The molecule has 0 bridgehead atoms. The zero-order valence-electron chi connectivity index (χ0n) is 28.7. The summed E-state index contributed by atoms with van der Waals surface area (Å²) in [5.41, 5.74) is 7.29. The zero-order valence-corrected chi connectivity index (χ0v) is 28.7. The SMILES string of the molecule is O=C(Nc1ccc(/C=C/c2ccc(NC(=O)[C@@H]3CCCN3C(=O)c3cccc4cc[nH]c34)cc2)cc1)[C@@H]1CCCN1C(=O)C1=CCCc2cc[nH]c21. The summed E-state index contributed by atoms with van der Waals surface area (Å²) in [6.07, 6.45) is 14.2. The van der Waals surface area contributed by atoms with Crippen molar-refractivity contribution in [1.82, 2.24) is 19.8 Å². The second kappa shape index (κ2) is 14.2. The number of aromatic nitrogens is 2. The van der Waals surface area contributed by atoms with Crippen LogP contribution in [0.25, 0.3) is 28.6 Å². The lowest BCUT2D eigenvalue weighted by Crippen LogP contribution is -2.43. The number of nitrogens with one attached hydrogen (secondary N) is 4. The molecular formula is C42H40N6O4. The first-order valence-corrected chi connectivity index (χ1v) is 18.0. The number of anilines is 2. The number of fused-ring (bicyclic) bond motifs is 2. The van der Waals surface area contributed by atoms with Crippen LogP contribution >= 0.6 is 0 Å². The highest BCUT2D eigenvalue weighted by Crippen LogP contribution is 2.30. The number of hydrogen-bond donors (Lipinski definition) is 4. The molecule has 3 aliphatic rings. The molecule has 0 spiro atoms. The van der Waals surface area contributed by atoms with Crippen LogP contribution in [0.2, 0.25) is 0 Å². The first-order valence-electron chi connectivity index (χ1n) is 18.0. The molecule has 2 aromatic heterocycles. The maximum absolute atomic E-state index is 13.5. The van der Waals surface area contributed by atoms with E-state index in [1.165, 1.54) is 0 Å². The van der Waals surface area contributed by atoms with E-state index in [-0.39, 0.29) is 23.6 Å². The Morgan fingerprint density at radius 3 is 1.90 bits per heavy atom. The molecule has 8 rings (SSSR count). The van der Waals surface area contributed by atoms with Gasteiger partial charge in [0.05, 0.1) is 22.3 Å². The molecule has 2 atom stereocenters. The third kappa shape index (κ3) is 6.55. The summed E-state index contributed by atoms with van der Waals surface area (Å²) >= 11 is 0. The van der Waals surface area contributed by atoms with E-state index in [0.29, 0.717) is 48.4 Å². The van der Waals surface area contributed by atoms with Crippen LogP contribution in [0.3, 0.4) is 0 Å². The highest BCUT2D eigenvalue weighted by Gasteiger charge is 2.37. The van der Waals surface area contributed by atoms with Crippen molar-refractivity contribution < 1.29 is 19.2 Å². The number of aryl methyl sites for hydroxylation is 1. The minimum atomic E-state index is -0.530. The zero-order chi connectivity index (χ0) is 35.6. The lowest BCUT2D eigenvalue weighted by atomic mass is 9.96. The minimum Gasteiger partial charge on any atom is -0.361 e. The van der Waals surface area contributed by atoms with Gasteiger partial charge in [0.15, 0.2) is 0 Å². The number of amides is 4. The molecule has 4 N–H and O–H groups in total. The van der Waals surface area contributed by atoms with Gasteiger partial charge in [0.2, 0.25) is 11.8 Å². The van der Waals surface area contributed by atoms with Crippen molar-refractivity contribution in [2.24, 2.45) is 0 Å². The Morgan fingerprint density at radius 1 is 0.673 bits per heavy atom. The molecule has 3 aromatic carbocycles. The number of hydrogen-bond acceptors (Lipinski definition) is 4. The molecule has 1 aliphatic carbocycles. The molecule has 2 saturated heterocycles. The fourth-order valence-electron chi connectivity index (χ4n) is 7.67. The summed E-state index contributed by atoms with van der Waals surface area (Å²) in [7, 11) is 0. The maximum Gasteiger partial charge on any atom is 0.256 e. The summed E-state index contributed by atoms with van der Waals surface area (Å²) in [5, 5.41) is 6.97. The summed E-state index contributed by atoms with van der Waals surface area (Å²) in [6.45, 7) is 1.10. The number of aromatic amines is 2. The number of allylic oxidation sites excluding steroid dienone is 1. The van der Waals surface area contributed by atoms with Crippen molar-refractivity contribution in [2.45, 2.75) is 50.6 Å². The van der Waals surface area contributed by atoms with E-state index < -0.39 is 12.1 Å². The van der Waals surface area contributed by atoms with E-state index in [1.54, 1.807) is 15.9 Å². The number of nitrogens with zero attached hydrogens (tertiary/aromatic N) is 2. The van der Waals surface area contributed by atoms with E-state index in [2.05, 4.69) is 20.6 Å². The van der Waals surface area contributed by atoms with Gasteiger partial charge in [-0.1, -0.05) is 54.6 Å². The molecule has 262 valence electrons. The van der Waals surface area contributed by atoms with Crippen molar-refractivity contribution in [3.63, 3.8) is 0 Å².